The zero-order chi connectivity index (χ0) is 24.9. The van der Waals surface area contributed by atoms with Gasteiger partial charge in [0, 0.05) is 34.0 Å². The van der Waals surface area contributed by atoms with Crippen LogP contribution in [0.5, 0.6) is 0 Å². The number of anilines is 3. The summed E-state index contributed by atoms with van der Waals surface area (Å²) in [5.74, 6) is 1.77. The number of hydrogen-bond acceptors (Lipinski definition) is 5. The number of nitrogens with zero attached hydrogens (tertiary/aromatic N) is 1. The maximum absolute atomic E-state index is 13.8. The number of carbonyl (C=O) groups is 2. The van der Waals surface area contributed by atoms with Gasteiger partial charge < -0.3 is 10.1 Å². The molecule has 6 nitrogen and oxygen atoms in total. The number of fused-ring (bicyclic) bond motifs is 2. The van der Waals surface area contributed by atoms with Gasteiger partial charge in [-0.05, 0) is 93.0 Å². The molecule has 1 aliphatic heterocycles. The van der Waals surface area contributed by atoms with Crippen LogP contribution >= 0.6 is 11.8 Å². The summed E-state index contributed by atoms with van der Waals surface area (Å²) in [6, 6.07) is 13.7. The minimum absolute atomic E-state index is 0.0701. The second-order valence-electron chi connectivity index (χ2n) is 11.6. The van der Waals surface area contributed by atoms with Crippen LogP contribution in [0.1, 0.15) is 58.8 Å². The van der Waals surface area contributed by atoms with Crippen LogP contribution < -0.4 is 15.5 Å². The highest BCUT2D eigenvalue weighted by atomic mass is 32.2. The van der Waals surface area contributed by atoms with Crippen LogP contribution in [0.25, 0.3) is 0 Å². The van der Waals surface area contributed by atoms with Crippen molar-refractivity contribution in [1.29, 1.82) is 0 Å². The van der Waals surface area contributed by atoms with Gasteiger partial charge in [-0.3, -0.25) is 15.0 Å². The zero-order valence-corrected chi connectivity index (χ0v) is 22.0. The van der Waals surface area contributed by atoms with Crippen LogP contribution in [-0.4, -0.2) is 30.7 Å². The van der Waals surface area contributed by atoms with E-state index in [0.29, 0.717) is 30.7 Å². The Kier molecular flexibility index (Phi) is 6.03. The number of carbonyl (C=O) groups excluding carboxylic acids is 2. The summed E-state index contributed by atoms with van der Waals surface area (Å²) in [6.07, 6.45) is 7.88. The highest BCUT2D eigenvalue weighted by Gasteiger charge is 2.55. The van der Waals surface area contributed by atoms with Crippen LogP contribution in [0.3, 0.4) is 0 Å². The molecule has 0 spiro atoms. The molecule has 2 N–H and O–H groups in total. The molecule has 7 rings (SSSR count). The van der Waals surface area contributed by atoms with Crippen molar-refractivity contribution in [2.45, 2.75) is 74.1 Å². The van der Waals surface area contributed by atoms with E-state index >= 15 is 0 Å². The smallest absolute Gasteiger partial charge is 0.411 e. The summed E-state index contributed by atoms with van der Waals surface area (Å²) < 4.78 is 5.04. The van der Waals surface area contributed by atoms with Crippen molar-refractivity contribution in [2.24, 2.45) is 17.3 Å². The van der Waals surface area contributed by atoms with Gasteiger partial charge in [-0.1, -0.05) is 30.8 Å². The number of ether oxygens (including phenoxy) is 1. The molecular weight excluding hydrogens is 470 g/mol. The number of nitrogens with one attached hydrogen (secondary N) is 2. The lowest BCUT2D eigenvalue weighted by Crippen LogP contribution is -2.61. The molecule has 1 heterocycles. The first-order chi connectivity index (χ1) is 17.4. The first-order valence-corrected chi connectivity index (χ1v) is 14.1. The van der Waals surface area contributed by atoms with E-state index in [1.54, 1.807) is 18.7 Å². The van der Waals surface area contributed by atoms with Gasteiger partial charge in [-0.2, -0.15) is 0 Å². The third-order valence-corrected chi connectivity index (χ3v) is 9.62. The van der Waals surface area contributed by atoms with Crippen molar-refractivity contribution >= 4 is 40.8 Å². The summed E-state index contributed by atoms with van der Waals surface area (Å²) in [5.41, 5.74) is 3.01. The molecule has 36 heavy (non-hydrogen) atoms. The second kappa shape index (κ2) is 9.10. The molecule has 2 amide bonds. The fraction of sp³-hybridized carbons (Fsp3) is 0.517. The number of benzene rings is 2. The third kappa shape index (κ3) is 4.41. The van der Waals surface area contributed by atoms with Gasteiger partial charge in [0.15, 0.2) is 0 Å². The molecule has 0 aromatic heterocycles. The van der Waals surface area contributed by atoms with Crippen LogP contribution in [0.2, 0.25) is 0 Å². The van der Waals surface area contributed by atoms with Crippen molar-refractivity contribution in [1.82, 2.24) is 5.32 Å². The number of hydrogen-bond donors (Lipinski definition) is 2. The van der Waals surface area contributed by atoms with E-state index in [9.17, 15) is 9.59 Å². The highest BCUT2D eigenvalue weighted by molar-refractivity contribution is 7.99. The molecule has 5 aliphatic rings. The molecule has 4 atom stereocenters. The number of para-hydroxylation sites is 1. The van der Waals surface area contributed by atoms with Gasteiger partial charge in [0.05, 0.1) is 18.0 Å². The first-order valence-electron chi connectivity index (χ1n) is 13.3. The van der Waals surface area contributed by atoms with E-state index in [0.717, 1.165) is 33.0 Å². The van der Waals surface area contributed by atoms with E-state index < -0.39 is 6.09 Å². The van der Waals surface area contributed by atoms with Crippen molar-refractivity contribution in [3.8, 4) is 0 Å². The molecule has 7 heteroatoms. The van der Waals surface area contributed by atoms with Gasteiger partial charge in [0.1, 0.15) is 0 Å². The summed E-state index contributed by atoms with van der Waals surface area (Å²) in [4.78, 5) is 29.7. The van der Waals surface area contributed by atoms with Gasteiger partial charge >= 0.3 is 6.09 Å². The van der Waals surface area contributed by atoms with Crippen LogP contribution in [0, 0.1) is 17.3 Å². The van der Waals surface area contributed by atoms with Crippen molar-refractivity contribution < 1.29 is 14.3 Å². The monoisotopic (exact) mass is 505 g/mol. The van der Waals surface area contributed by atoms with Crippen LogP contribution in [0.15, 0.2) is 52.3 Å². The van der Waals surface area contributed by atoms with Gasteiger partial charge in [0.2, 0.25) is 5.91 Å². The lowest BCUT2D eigenvalue weighted by atomic mass is 9.47. The quantitative estimate of drug-likeness (QED) is 0.456. The molecule has 190 valence electrons. The highest BCUT2D eigenvalue weighted by Crippen LogP contribution is 2.61. The predicted molar refractivity (Wildman–Crippen MR) is 143 cm³/mol. The molecular formula is C29H35N3O3S. The van der Waals surface area contributed by atoms with Gasteiger partial charge in [-0.25, -0.2) is 4.79 Å². The Morgan fingerprint density at radius 1 is 1.06 bits per heavy atom. The SMILES string of the molecule is CCOC(=O)Nc1ccc2c(c1)N(C(=O)CCNC13C[C@@H]4C[C@@H](CC(C)(C4)C1)C3)c1ccccc1S2. The number of amides is 2. The second-order valence-corrected chi connectivity index (χ2v) is 12.6. The van der Waals surface area contributed by atoms with Crippen molar-refractivity contribution in [2.75, 3.05) is 23.4 Å². The van der Waals surface area contributed by atoms with E-state index in [2.05, 4.69) is 23.6 Å². The maximum Gasteiger partial charge on any atom is 0.411 e. The number of rotatable bonds is 6. The molecule has 2 unspecified atom stereocenters. The Labute approximate surface area is 217 Å². The molecule has 4 fully saturated rings. The first kappa shape index (κ1) is 23.9. The summed E-state index contributed by atoms with van der Waals surface area (Å²) in [7, 11) is 0. The maximum atomic E-state index is 13.8. The average molecular weight is 506 g/mol. The molecule has 0 saturated heterocycles. The minimum atomic E-state index is -0.493. The largest absolute Gasteiger partial charge is 0.450 e. The normalized spacial score (nSPS) is 29.4. The fourth-order valence-electron chi connectivity index (χ4n) is 7.86. The minimum Gasteiger partial charge on any atom is -0.450 e. The molecule has 0 radical (unpaired) electrons. The average Bonchev–Trinajstić information content (AvgIpc) is 2.81. The molecule has 4 aliphatic carbocycles. The third-order valence-electron chi connectivity index (χ3n) is 8.49. The lowest BCUT2D eigenvalue weighted by molar-refractivity contribution is -0.118. The summed E-state index contributed by atoms with van der Waals surface area (Å²) >= 11 is 1.65. The Bertz CT molecular complexity index is 1180. The fourth-order valence-corrected chi connectivity index (χ4v) is 8.90. The lowest BCUT2D eigenvalue weighted by Gasteiger charge is -2.61. The Morgan fingerprint density at radius 2 is 1.81 bits per heavy atom. The Balaban J connectivity index is 1.21. The molecule has 2 aromatic carbocycles. The predicted octanol–water partition coefficient (Wildman–Crippen LogP) is 6.72. The Morgan fingerprint density at radius 3 is 2.56 bits per heavy atom. The van der Waals surface area contributed by atoms with Gasteiger partial charge in [-0.15, -0.1) is 0 Å². The van der Waals surface area contributed by atoms with Crippen LogP contribution in [0.4, 0.5) is 21.9 Å². The summed E-state index contributed by atoms with van der Waals surface area (Å²) in [6.45, 7) is 5.25. The molecule has 2 aromatic rings. The standard InChI is InChI=1S/C29H35N3O3S/c1-3-35-27(34)31-21-8-9-25-23(13-21)32(22-6-4-5-7-24(22)36-25)26(33)10-11-30-29-16-19-12-20(17-29)15-28(2,14-19)18-29/h4-9,13,19-20,30H,3,10-12,14-18H2,1-2H3,(H,31,34)/t19-,20+,28?,29?. The van der Waals surface area contributed by atoms with E-state index in [1.807, 2.05) is 41.3 Å². The van der Waals surface area contributed by atoms with E-state index in [-0.39, 0.29) is 11.4 Å². The Hall–Kier alpha value is -2.51. The zero-order valence-electron chi connectivity index (χ0n) is 21.1. The van der Waals surface area contributed by atoms with Crippen molar-refractivity contribution in [3.05, 3.63) is 42.5 Å². The van der Waals surface area contributed by atoms with E-state index in [4.69, 9.17) is 4.74 Å². The van der Waals surface area contributed by atoms with Crippen LogP contribution in [-0.2, 0) is 9.53 Å². The van der Waals surface area contributed by atoms with E-state index in [1.165, 1.54) is 38.5 Å². The molecule has 4 saturated carbocycles. The van der Waals surface area contributed by atoms with Crippen molar-refractivity contribution in [3.63, 3.8) is 0 Å². The van der Waals surface area contributed by atoms with Gasteiger partial charge in [0.25, 0.3) is 0 Å². The topological polar surface area (TPSA) is 70.7 Å². The molecule has 4 bridgehead atoms. The summed E-state index contributed by atoms with van der Waals surface area (Å²) in [5, 5.41) is 6.67.